The van der Waals surface area contributed by atoms with Crippen LogP contribution in [0.5, 0.6) is 0 Å². The van der Waals surface area contributed by atoms with E-state index in [0.29, 0.717) is 0 Å². The number of hydrogen-bond donors (Lipinski definition) is 0. The monoisotopic (exact) mass is 128 g/mol. The molecule has 1 aliphatic heterocycles. The van der Waals surface area contributed by atoms with Crippen LogP contribution in [0.4, 0.5) is 0 Å². The Hall–Kier alpha value is -0.975. The second-order valence-electron chi connectivity index (χ2n) is 2.81. The zero-order valence-corrected chi connectivity index (χ0v) is 6.09. The summed E-state index contributed by atoms with van der Waals surface area (Å²) in [6, 6.07) is 6.61. The van der Waals surface area contributed by atoms with E-state index in [4.69, 9.17) is 0 Å². The smallest absolute Gasteiger partial charge is 0.113 e. The predicted molar refractivity (Wildman–Crippen MR) is 47.0 cm³/mol. The fraction of sp³-hybridized carbons (Fsp3) is 0.111. The Labute approximate surface area is 61.8 Å². The summed E-state index contributed by atoms with van der Waals surface area (Å²) in [5.41, 5.74) is 4.23. The number of benzene rings is 1. The number of fused-ring (bicyclic) bond motifs is 1. The molecule has 0 saturated carbocycles. The molecule has 0 nitrogen and oxygen atoms in total. The molecule has 1 aliphatic rings. The van der Waals surface area contributed by atoms with E-state index in [1.165, 1.54) is 16.6 Å². The highest BCUT2D eigenvalue weighted by Crippen LogP contribution is 2.06. The Kier molecular flexibility index (Phi) is 1.16. The minimum Gasteiger partial charge on any atom is -0.113 e. The maximum absolute atomic E-state index is 2.26. The minimum absolute atomic E-state index is 1.12. The standard InChI is InChI=1S/C9H9B/c1-7-2-3-8-4-5-10-9(8)6-7/h2-6,10H,1H3. The van der Waals surface area contributed by atoms with Crippen LogP contribution in [0.15, 0.2) is 24.2 Å². The predicted octanol–water partition coefficient (Wildman–Crippen LogP) is 1.04. The van der Waals surface area contributed by atoms with E-state index in [1.807, 2.05) is 0 Å². The van der Waals surface area contributed by atoms with Crippen LogP contribution in [-0.4, -0.2) is 7.28 Å². The molecule has 0 aromatic heterocycles. The van der Waals surface area contributed by atoms with Crippen molar-refractivity contribution in [3.05, 3.63) is 35.3 Å². The molecular formula is C9H9B. The summed E-state index contributed by atoms with van der Waals surface area (Å²) in [5, 5.41) is 0. The third kappa shape index (κ3) is 0.785. The molecule has 0 N–H and O–H groups in total. The van der Waals surface area contributed by atoms with Gasteiger partial charge in [-0.3, -0.25) is 0 Å². The van der Waals surface area contributed by atoms with Crippen molar-refractivity contribution in [3.63, 3.8) is 0 Å². The van der Waals surface area contributed by atoms with E-state index >= 15 is 0 Å². The van der Waals surface area contributed by atoms with E-state index in [2.05, 4.69) is 37.2 Å². The molecule has 0 spiro atoms. The van der Waals surface area contributed by atoms with Gasteiger partial charge in [0.15, 0.2) is 7.28 Å². The van der Waals surface area contributed by atoms with Gasteiger partial charge in [0.25, 0.3) is 0 Å². The lowest BCUT2D eigenvalue weighted by Gasteiger charge is -1.97. The highest BCUT2D eigenvalue weighted by Gasteiger charge is 2.04. The Balaban J connectivity index is 2.59. The first kappa shape index (κ1) is 5.78. The summed E-state index contributed by atoms with van der Waals surface area (Å²) in [6.45, 7) is 2.14. The Morgan fingerprint density at radius 3 is 3.10 bits per heavy atom. The van der Waals surface area contributed by atoms with E-state index in [-0.39, 0.29) is 0 Å². The topological polar surface area (TPSA) is 0 Å². The Bertz CT molecular complexity index is 287. The maximum Gasteiger partial charge on any atom is 0.183 e. The SMILES string of the molecule is Cc1ccc2c(c1)BC=C2. The van der Waals surface area contributed by atoms with Crippen molar-refractivity contribution < 1.29 is 0 Å². The fourth-order valence-electron chi connectivity index (χ4n) is 1.39. The second kappa shape index (κ2) is 2.01. The lowest BCUT2D eigenvalue weighted by atomic mass is 9.73. The van der Waals surface area contributed by atoms with Crippen LogP contribution < -0.4 is 5.46 Å². The molecule has 0 fully saturated rings. The first-order chi connectivity index (χ1) is 4.86. The first-order valence-corrected chi connectivity index (χ1v) is 3.62. The molecule has 0 saturated heterocycles. The summed E-state index contributed by atoms with van der Waals surface area (Å²) < 4.78 is 0. The summed E-state index contributed by atoms with van der Waals surface area (Å²) >= 11 is 0. The van der Waals surface area contributed by atoms with Gasteiger partial charge in [0.2, 0.25) is 0 Å². The average Bonchev–Trinajstić information content (AvgIpc) is 2.33. The van der Waals surface area contributed by atoms with Crippen molar-refractivity contribution in [2.75, 3.05) is 0 Å². The van der Waals surface area contributed by atoms with Crippen LogP contribution in [0.1, 0.15) is 11.1 Å². The van der Waals surface area contributed by atoms with Gasteiger partial charge in [-0.05, 0) is 12.5 Å². The average molecular weight is 128 g/mol. The van der Waals surface area contributed by atoms with Crippen molar-refractivity contribution in [1.29, 1.82) is 0 Å². The summed E-state index contributed by atoms with van der Waals surface area (Å²) in [4.78, 5) is 0. The summed E-state index contributed by atoms with van der Waals surface area (Å²) in [7, 11) is 1.12. The van der Waals surface area contributed by atoms with Gasteiger partial charge in [0.05, 0.1) is 0 Å². The van der Waals surface area contributed by atoms with E-state index in [0.717, 1.165) is 7.28 Å². The molecule has 1 aromatic carbocycles. The van der Waals surface area contributed by atoms with E-state index in [9.17, 15) is 0 Å². The highest BCUT2D eigenvalue weighted by molar-refractivity contribution is 6.62. The summed E-state index contributed by atoms with van der Waals surface area (Å²) in [6.07, 6.45) is 2.19. The van der Waals surface area contributed by atoms with Gasteiger partial charge in [-0.1, -0.05) is 35.3 Å². The third-order valence-electron chi connectivity index (χ3n) is 1.93. The molecule has 0 bridgehead atoms. The molecule has 48 valence electrons. The normalized spacial score (nSPS) is 12.9. The van der Waals surface area contributed by atoms with Crippen molar-refractivity contribution in [2.24, 2.45) is 0 Å². The van der Waals surface area contributed by atoms with Crippen molar-refractivity contribution in [3.8, 4) is 0 Å². The molecule has 1 heteroatoms. The van der Waals surface area contributed by atoms with Gasteiger partial charge in [0.1, 0.15) is 0 Å². The van der Waals surface area contributed by atoms with Crippen molar-refractivity contribution in [2.45, 2.75) is 6.92 Å². The summed E-state index contributed by atoms with van der Waals surface area (Å²) in [5.74, 6) is 2.21. The zero-order chi connectivity index (χ0) is 6.97. The fourth-order valence-corrected chi connectivity index (χ4v) is 1.39. The largest absolute Gasteiger partial charge is 0.183 e. The van der Waals surface area contributed by atoms with Crippen LogP contribution in [0, 0.1) is 6.92 Å². The first-order valence-electron chi connectivity index (χ1n) is 3.62. The van der Waals surface area contributed by atoms with Gasteiger partial charge in [-0.2, -0.15) is 0 Å². The van der Waals surface area contributed by atoms with Gasteiger partial charge in [-0.25, -0.2) is 0 Å². The molecule has 0 aliphatic carbocycles. The van der Waals surface area contributed by atoms with Gasteiger partial charge in [0, 0.05) is 0 Å². The molecule has 2 rings (SSSR count). The third-order valence-corrected chi connectivity index (χ3v) is 1.93. The highest BCUT2D eigenvalue weighted by atomic mass is 14.0. The Morgan fingerprint density at radius 1 is 1.30 bits per heavy atom. The maximum atomic E-state index is 2.26. The molecule has 1 heterocycles. The lowest BCUT2D eigenvalue weighted by Crippen LogP contribution is -2.10. The molecule has 0 amide bonds. The lowest BCUT2D eigenvalue weighted by molar-refractivity contribution is 1.49. The minimum atomic E-state index is 1.12. The molecule has 1 aromatic rings. The molecule has 0 atom stereocenters. The van der Waals surface area contributed by atoms with E-state index < -0.39 is 0 Å². The van der Waals surface area contributed by atoms with Gasteiger partial charge >= 0.3 is 0 Å². The van der Waals surface area contributed by atoms with Crippen LogP contribution >= 0.6 is 0 Å². The molecule has 10 heavy (non-hydrogen) atoms. The second-order valence-corrected chi connectivity index (χ2v) is 2.81. The number of hydrogen-bond acceptors (Lipinski definition) is 0. The van der Waals surface area contributed by atoms with Gasteiger partial charge < -0.3 is 0 Å². The van der Waals surface area contributed by atoms with Crippen LogP contribution in [-0.2, 0) is 0 Å². The van der Waals surface area contributed by atoms with Crippen LogP contribution in [0.25, 0.3) is 6.08 Å². The van der Waals surface area contributed by atoms with E-state index in [1.54, 1.807) is 0 Å². The molecule has 0 unspecified atom stereocenters. The Morgan fingerprint density at radius 2 is 2.20 bits per heavy atom. The van der Waals surface area contributed by atoms with Crippen LogP contribution in [0.2, 0.25) is 0 Å². The molecular weight excluding hydrogens is 119 g/mol. The van der Waals surface area contributed by atoms with Gasteiger partial charge in [-0.15, -0.1) is 5.98 Å². The molecule has 0 radical (unpaired) electrons. The van der Waals surface area contributed by atoms with Crippen LogP contribution in [0.3, 0.4) is 0 Å². The number of rotatable bonds is 0. The van der Waals surface area contributed by atoms with Crippen molar-refractivity contribution in [1.82, 2.24) is 0 Å². The zero-order valence-electron chi connectivity index (χ0n) is 6.09. The van der Waals surface area contributed by atoms with Crippen molar-refractivity contribution >= 4 is 18.8 Å². The number of aryl methyl sites for hydroxylation is 1. The quantitative estimate of drug-likeness (QED) is 0.458.